The molecule has 84 valence electrons. The number of esters is 1. The maximum Gasteiger partial charge on any atom is 0.337 e. The lowest BCUT2D eigenvalue weighted by atomic mass is 10.2. The molecule has 0 aliphatic carbocycles. The highest BCUT2D eigenvalue weighted by Crippen LogP contribution is 2.09. The van der Waals surface area contributed by atoms with Crippen molar-refractivity contribution < 1.29 is 19.4 Å². The van der Waals surface area contributed by atoms with Crippen LogP contribution in [-0.4, -0.2) is 36.7 Å². The van der Waals surface area contributed by atoms with Crippen LogP contribution in [0.1, 0.15) is 20.3 Å². The fourth-order valence-electron chi connectivity index (χ4n) is 1.04. The molecule has 0 aromatic heterocycles. The number of aliphatic hydroxyl groups is 1. The average molecular weight is 213 g/mol. The minimum Gasteiger partial charge on any atom is -0.503 e. The lowest BCUT2D eigenvalue weighted by Crippen LogP contribution is -2.13. The van der Waals surface area contributed by atoms with E-state index in [1.165, 1.54) is 6.92 Å². The Morgan fingerprint density at radius 2 is 2.40 bits per heavy atom. The summed E-state index contributed by atoms with van der Waals surface area (Å²) in [5, 5.41) is 9.61. The van der Waals surface area contributed by atoms with E-state index in [4.69, 9.17) is 9.47 Å². The molecule has 0 saturated heterocycles. The third kappa shape index (κ3) is 2.97. The fourth-order valence-corrected chi connectivity index (χ4v) is 1.04. The number of aliphatic hydroxyl groups excluding tert-OH is 1. The van der Waals surface area contributed by atoms with Crippen LogP contribution in [0.5, 0.6) is 0 Å². The second-order valence-electron chi connectivity index (χ2n) is 3.14. The predicted octanol–water partition coefficient (Wildman–Crippen LogP) is 1.20. The molecule has 5 nitrogen and oxygen atoms in total. The zero-order chi connectivity index (χ0) is 11.3. The van der Waals surface area contributed by atoms with E-state index in [9.17, 15) is 9.90 Å². The molecule has 0 amide bonds. The number of carbonyl (C=O) groups is 1. The van der Waals surface area contributed by atoms with Crippen molar-refractivity contribution in [3.8, 4) is 0 Å². The van der Waals surface area contributed by atoms with Gasteiger partial charge in [0.2, 0.25) is 0 Å². The molecule has 0 atom stereocenters. The van der Waals surface area contributed by atoms with E-state index < -0.39 is 5.97 Å². The van der Waals surface area contributed by atoms with Crippen molar-refractivity contribution in [1.82, 2.24) is 0 Å². The number of carbonyl (C=O) groups excluding carboxylic acids is 1. The largest absolute Gasteiger partial charge is 0.503 e. The van der Waals surface area contributed by atoms with E-state index in [1.54, 1.807) is 0 Å². The van der Waals surface area contributed by atoms with Gasteiger partial charge >= 0.3 is 5.97 Å². The van der Waals surface area contributed by atoms with Gasteiger partial charge in [-0.2, -0.15) is 0 Å². The first-order valence-electron chi connectivity index (χ1n) is 4.91. The summed E-state index contributed by atoms with van der Waals surface area (Å²) in [6, 6.07) is 0. The summed E-state index contributed by atoms with van der Waals surface area (Å²) >= 11 is 0. The first-order chi connectivity index (χ1) is 7.16. The molecule has 0 saturated carbocycles. The van der Waals surface area contributed by atoms with Gasteiger partial charge in [-0.15, -0.1) is 0 Å². The van der Waals surface area contributed by atoms with Gasteiger partial charge in [0.1, 0.15) is 6.61 Å². The van der Waals surface area contributed by atoms with Gasteiger partial charge in [0.05, 0.1) is 18.7 Å². The molecule has 0 fully saturated rings. The minimum absolute atomic E-state index is 0.126. The molecule has 1 rings (SSSR count). The van der Waals surface area contributed by atoms with Gasteiger partial charge in [-0.25, -0.2) is 9.79 Å². The number of hydrogen-bond acceptors (Lipinski definition) is 5. The van der Waals surface area contributed by atoms with Crippen LogP contribution in [0.3, 0.4) is 0 Å². The molecule has 15 heavy (non-hydrogen) atoms. The van der Waals surface area contributed by atoms with Gasteiger partial charge in [-0.05, 0) is 13.3 Å². The first-order valence-corrected chi connectivity index (χ1v) is 4.91. The Kier molecular flexibility index (Phi) is 4.15. The lowest BCUT2D eigenvalue weighted by molar-refractivity contribution is -0.139. The van der Waals surface area contributed by atoms with Crippen molar-refractivity contribution in [2.45, 2.75) is 20.3 Å². The molecule has 1 aliphatic heterocycles. The Morgan fingerprint density at radius 1 is 1.67 bits per heavy atom. The molecule has 5 heteroatoms. The highest BCUT2D eigenvalue weighted by Gasteiger charge is 2.19. The Balaban J connectivity index is 2.66. The summed E-state index contributed by atoms with van der Waals surface area (Å²) in [5.41, 5.74) is 0.129. The normalized spacial score (nSPS) is 16.5. The van der Waals surface area contributed by atoms with Crippen LogP contribution in [-0.2, 0) is 14.3 Å². The van der Waals surface area contributed by atoms with Gasteiger partial charge in [-0.1, -0.05) is 6.92 Å². The van der Waals surface area contributed by atoms with Crippen LogP contribution in [0.4, 0.5) is 0 Å². The minimum atomic E-state index is -0.535. The van der Waals surface area contributed by atoms with E-state index in [-0.39, 0.29) is 17.2 Å². The second-order valence-corrected chi connectivity index (χ2v) is 3.14. The monoisotopic (exact) mass is 213 g/mol. The Labute approximate surface area is 88.4 Å². The lowest BCUT2D eigenvalue weighted by Gasteiger charge is -2.06. The summed E-state index contributed by atoms with van der Waals surface area (Å²) in [7, 11) is 0. The maximum atomic E-state index is 11.3. The van der Waals surface area contributed by atoms with Crippen molar-refractivity contribution in [3.63, 3.8) is 0 Å². The molecule has 0 aromatic rings. The van der Waals surface area contributed by atoms with E-state index in [2.05, 4.69) is 4.99 Å². The summed E-state index contributed by atoms with van der Waals surface area (Å²) in [4.78, 5) is 15.2. The standard InChI is InChI=1S/C10H15NO4/c1-3-5-15-10(13)7(2)8(12)9-11-4-6-14-9/h12H,3-6H2,1-2H3. The summed E-state index contributed by atoms with van der Waals surface area (Å²) in [6.07, 6.45) is 0.747. The summed E-state index contributed by atoms with van der Waals surface area (Å²) in [6.45, 7) is 4.68. The molecule has 0 unspecified atom stereocenters. The number of nitrogens with zero attached hydrogens (tertiary/aromatic N) is 1. The number of hydrogen-bond donors (Lipinski definition) is 1. The van der Waals surface area contributed by atoms with Crippen molar-refractivity contribution >= 4 is 11.9 Å². The van der Waals surface area contributed by atoms with Gasteiger partial charge in [0.15, 0.2) is 5.76 Å². The zero-order valence-corrected chi connectivity index (χ0v) is 8.95. The molecule has 1 N–H and O–H groups in total. The van der Waals surface area contributed by atoms with Gasteiger partial charge in [0, 0.05) is 0 Å². The van der Waals surface area contributed by atoms with Gasteiger partial charge in [-0.3, -0.25) is 0 Å². The number of ether oxygens (including phenoxy) is 2. The third-order valence-electron chi connectivity index (χ3n) is 1.89. The van der Waals surface area contributed by atoms with Crippen molar-refractivity contribution in [2.75, 3.05) is 19.8 Å². The fraction of sp³-hybridized carbons (Fsp3) is 0.600. The molecule has 0 bridgehead atoms. The topological polar surface area (TPSA) is 68.1 Å². The van der Waals surface area contributed by atoms with Crippen LogP contribution >= 0.6 is 0 Å². The van der Waals surface area contributed by atoms with Crippen LogP contribution in [0.15, 0.2) is 16.3 Å². The maximum absolute atomic E-state index is 11.3. The molecule has 0 aromatic carbocycles. The molecule has 1 heterocycles. The number of aliphatic imine (C=N–C) groups is 1. The highest BCUT2D eigenvalue weighted by atomic mass is 16.5. The molecule has 0 radical (unpaired) electrons. The van der Waals surface area contributed by atoms with Crippen LogP contribution in [0, 0.1) is 0 Å². The van der Waals surface area contributed by atoms with Crippen molar-refractivity contribution in [1.29, 1.82) is 0 Å². The van der Waals surface area contributed by atoms with E-state index in [1.807, 2.05) is 6.92 Å². The SMILES string of the molecule is CCCOC(=O)C(C)=C(O)C1=NCCO1. The predicted molar refractivity (Wildman–Crippen MR) is 54.8 cm³/mol. The molecule has 0 spiro atoms. The van der Waals surface area contributed by atoms with Gasteiger partial charge in [0.25, 0.3) is 5.90 Å². The average Bonchev–Trinajstić information content (AvgIpc) is 2.77. The number of rotatable bonds is 4. The Morgan fingerprint density at radius 3 is 2.93 bits per heavy atom. The second kappa shape index (κ2) is 5.38. The smallest absolute Gasteiger partial charge is 0.337 e. The van der Waals surface area contributed by atoms with Crippen molar-refractivity contribution in [3.05, 3.63) is 11.3 Å². The summed E-state index contributed by atoms with van der Waals surface area (Å²) < 4.78 is 9.89. The van der Waals surface area contributed by atoms with Crippen molar-refractivity contribution in [2.24, 2.45) is 4.99 Å². The van der Waals surface area contributed by atoms with E-state index in [0.29, 0.717) is 19.8 Å². The highest BCUT2D eigenvalue weighted by molar-refractivity contribution is 6.01. The van der Waals surface area contributed by atoms with E-state index >= 15 is 0 Å². The Bertz CT molecular complexity index is 307. The molecule has 1 aliphatic rings. The molecular weight excluding hydrogens is 198 g/mol. The zero-order valence-electron chi connectivity index (χ0n) is 8.95. The third-order valence-corrected chi connectivity index (χ3v) is 1.89. The summed E-state index contributed by atoms with van der Waals surface area (Å²) in [5.74, 6) is -0.637. The first kappa shape index (κ1) is 11.6. The van der Waals surface area contributed by atoms with E-state index in [0.717, 1.165) is 6.42 Å². The van der Waals surface area contributed by atoms with Gasteiger partial charge < -0.3 is 14.6 Å². The van der Waals surface area contributed by atoms with Crippen LogP contribution < -0.4 is 0 Å². The van der Waals surface area contributed by atoms with Crippen LogP contribution in [0.25, 0.3) is 0 Å². The molecular formula is C10H15NO4. The quantitative estimate of drug-likeness (QED) is 0.433. The van der Waals surface area contributed by atoms with Crippen LogP contribution in [0.2, 0.25) is 0 Å². The Hall–Kier alpha value is -1.52.